The zero-order valence-electron chi connectivity index (χ0n) is 11.4. The van der Waals surface area contributed by atoms with Gasteiger partial charge in [-0.1, -0.05) is 23.7 Å². The van der Waals surface area contributed by atoms with Gasteiger partial charge in [-0.3, -0.25) is 9.69 Å². The lowest BCUT2D eigenvalue weighted by molar-refractivity contribution is -0.128. The number of halogens is 2. The molecule has 1 fully saturated rings. The van der Waals surface area contributed by atoms with Gasteiger partial charge in [0.25, 0.3) is 0 Å². The van der Waals surface area contributed by atoms with Crippen LogP contribution in [0.5, 0.6) is 0 Å². The number of benzene rings is 1. The van der Waals surface area contributed by atoms with Gasteiger partial charge in [0.1, 0.15) is 5.82 Å². The second-order valence-corrected chi connectivity index (χ2v) is 5.97. The van der Waals surface area contributed by atoms with Crippen LogP contribution in [-0.4, -0.2) is 29.3 Å². The van der Waals surface area contributed by atoms with E-state index in [1.54, 1.807) is 12.1 Å². The van der Waals surface area contributed by atoms with Crippen LogP contribution in [0.1, 0.15) is 32.3 Å². The van der Waals surface area contributed by atoms with Crippen molar-refractivity contribution in [3.05, 3.63) is 34.6 Å². The van der Waals surface area contributed by atoms with E-state index in [9.17, 15) is 9.18 Å². The number of hydrogen-bond donors (Lipinski definition) is 0. The first-order valence-corrected chi connectivity index (χ1v) is 7.02. The van der Waals surface area contributed by atoms with E-state index in [2.05, 4.69) is 4.90 Å². The Kier molecular flexibility index (Phi) is 4.26. The molecular weight excluding hydrogens is 265 g/mol. The first kappa shape index (κ1) is 14.5. The van der Waals surface area contributed by atoms with Crippen LogP contribution in [0.4, 0.5) is 4.39 Å². The molecule has 1 aromatic rings. The highest BCUT2D eigenvalue weighted by molar-refractivity contribution is 6.30. The van der Waals surface area contributed by atoms with E-state index in [0.29, 0.717) is 5.56 Å². The number of carbonyl (C=O) groups is 1. The Morgan fingerprint density at radius 2 is 2.00 bits per heavy atom. The monoisotopic (exact) mass is 283 g/mol. The van der Waals surface area contributed by atoms with Crippen molar-refractivity contribution in [3.8, 4) is 0 Å². The molecule has 0 aliphatic carbocycles. The molecular formula is C15H19ClFNO. The van der Waals surface area contributed by atoms with Crippen LogP contribution in [0, 0.1) is 5.82 Å². The van der Waals surface area contributed by atoms with E-state index in [0.717, 1.165) is 25.9 Å². The highest BCUT2D eigenvalue weighted by Gasteiger charge is 2.35. The van der Waals surface area contributed by atoms with E-state index in [-0.39, 0.29) is 17.2 Å². The molecule has 0 N–H and O–H groups in total. The van der Waals surface area contributed by atoms with Gasteiger partial charge in [0.2, 0.25) is 0 Å². The van der Waals surface area contributed by atoms with Crippen molar-refractivity contribution in [2.75, 3.05) is 13.1 Å². The van der Waals surface area contributed by atoms with Gasteiger partial charge in [0, 0.05) is 6.42 Å². The number of carbonyl (C=O) groups excluding carboxylic acids is 1. The highest BCUT2D eigenvalue weighted by Crippen LogP contribution is 2.25. The Bertz CT molecular complexity index is 481. The van der Waals surface area contributed by atoms with Crippen LogP contribution in [0.25, 0.3) is 0 Å². The molecule has 2 rings (SSSR count). The minimum atomic E-state index is -0.536. The Morgan fingerprint density at radius 3 is 2.63 bits per heavy atom. The molecule has 1 aliphatic heterocycles. The van der Waals surface area contributed by atoms with Crippen molar-refractivity contribution in [2.24, 2.45) is 0 Å². The smallest absolute Gasteiger partial charge is 0.156 e. The molecule has 1 aliphatic rings. The van der Waals surface area contributed by atoms with Gasteiger partial charge < -0.3 is 0 Å². The van der Waals surface area contributed by atoms with Gasteiger partial charge in [-0.15, -0.1) is 0 Å². The largest absolute Gasteiger partial charge is 0.297 e. The van der Waals surface area contributed by atoms with Gasteiger partial charge >= 0.3 is 0 Å². The van der Waals surface area contributed by atoms with E-state index in [4.69, 9.17) is 11.6 Å². The minimum absolute atomic E-state index is 0.0376. The molecule has 1 aromatic carbocycles. The fourth-order valence-electron chi connectivity index (χ4n) is 2.53. The molecule has 0 unspecified atom stereocenters. The predicted molar refractivity (Wildman–Crippen MR) is 75.0 cm³/mol. The van der Waals surface area contributed by atoms with E-state index < -0.39 is 11.4 Å². The maximum absolute atomic E-state index is 13.8. The summed E-state index contributed by atoms with van der Waals surface area (Å²) in [4.78, 5) is 14.6. The number of hydrogen-bond acceptors (Lipinski definition) is 2. The first-order chi connectivity index (χ1) is 8.93. The van der Waals surface area contributed by atoms with Crippen molar-refractivity contribution in [1.82, 2.24) is 4.90 Å². The summed E-state index contributed by atoms with van der Waals surface area (Å²) in [5.41, 5.74) is -0.157. The third kappa shape index (κ3) is 2.98. The first-order valence-electron chi connectivity index (χ1n) is 6.64. The van der Waals surface area contributed by atoms with Crippen LogP contribution < -0.4 is 0 Å². The molecule has 2 nitrogen and oxygen atoms in total. The molecule has 1 saturated heterocycles. The summed E-state index contributed by atoms with van der Waals surface area (Å²) in [5.74, 6) is -0.440. The fraction of sp³-hybridized carbons (Fsp3) is 0.533. The van der Waals surface area contributed by atoms with Crippen molar-refractivity contribution in [2.45, 2.75) is 38.6 Å². The van der Waals surface area contributed by atoms with Gasteiger partial charge in [-0.2, -0.15) is 0 Å². The summed E-state index contributed by atoms with van der Waals surface area (Å²) in [7, 11) is 0. The predicted octanol–water partition coefficient (Wildman–Crippen LogP) is 3.47. The van der Waals surface area contributed by atoms with Crippen LogP contribution in [0.3, 0.4) is 0 Å². The number of Topliss-reactive ketones (excluding diaryl/α,β-unsaturated/α-hetero) is 1. The summed E-state index contributed by atoms with van der Waals surface area (Å²) in [5, 5.41) is 0.0734. The quantitative estimate of drug-likeness (QED) is 0.843. The fourth-order valence-corrected chi connectivity index (χ4v) is 2.72. The number of rotatable bonds is 4. The standard InChI is InChI=1S/C15H19ClFNO/c1-15(2,18-8-3-4-9-18)13(19)10-11-6-5-7-12(16)14(11)17/h5-7H,3-4,8-10H2,1-2H3. The molecule has 4 heteroatoms. The lowest BCUT2D eigenvalue weighted by Crippen LogP contribution is -2.49. The molecule has 0 amide bonds. The van der Waals surface area contributed by atoms with Crippen LogP contribution in [-0.2, 0) is 11.2 Å². The Labute approximate surface area is 118 Å². The molecule has 0 bridgehead atoms. The molecule has 104 valence electrons. The molecule has 0 atom stereocenters. The van der Waals surface area contributed by atoms with Crippen LogP contribution in [0.15, 0.2) is 18.2 Å². The highest BCUT2D eigenvalue weighted by atomic mass is 35.5. The zero-order chi connectivity index (χ0) is 14.0. The lowest BCUT2D eigenvalue weighted by Gasteiger charge is -2.34. The SMILES string of the molecule is CC(C)(C(=O)Cc1cccc(Cl)c1F)N1CCCC1. The third-order valence-electron chi connectivity index (χ3n) is 3.96. The summed E-state index contributed by atoms with van der Waals surface area (Å²) >= 11 is 5.74. The van der Waals surface area contributed by atoms with Crippen LogP contribution >= 0.6 is 11.6 Å². The average molecular weight is 284 g/mol. The molecule has 1 heterocycles. The van der Waals surface area contributed by atoms with E-state index >= 15 is 0 Å². The van der Waals surface area contributed by atoms with Crippen molar-refractivity contribution >= 4 is 17.4 Å². The summed E-state index contributed by atoms with van der Waals surface area (Å²) in [6, 6.07) is 4.80. The summed E-state index contributed by atoms with van der Waals surface area (Å²) < 4.78 is 13.8. The Balaban J connectivity index is 2.14. The lowest BCUT2D eigenvalue weighted by atomic mass is 9.92. The summed E-state index contributed by atoms with van der Waals surface area (Å²) in [6.07, 6.45) is 2.35. The van der Waals surface area contributed by atoms with Crippen molar-refractivity contribution in [3.63, 3.8) is 0 Å². The van der Waals surface area contributed by atoms with E-state index in [1.165, 1.54) is 6.07 Å². The molecule has 0 saturated carbocycles. The maximum atomic E-state index is 13.8. The molecule has 0 aromatic heterocycles. The average Bonchev–Trinajstić information content (AvgIpc) is 2.89. The van der Waals surface area contributed by atoms with Gasteiger partial charge in [-0.25, -0.2) is 4.39 Å². The van der Waals surface area contributed by atoms with E-state index in [1.807, 2.05) is 13.8 Å². The molecule has 19 heavy (non-hydrogen) atoms. The van der Waals surface area contributed by atoms with Crippen LogP contribution in [0.2, 0.25) is 5.02 Å². The summed E-state index contributed by atoms with van der Waals surface area (Å²) in [6.45, 7) is 5.72. The zero-order valence-corrected chi connectivity index (χ0v) is 12.1. The topological polar surface area (TPSA) is 20.3 Å². The van der Waals surface area contributed by atoms with Gasteiger partial charge in [-0.05, 0) is 51.4 Å². The Hall–Kier alpha value is -0.930. The normalized spacial score (nSPS) is 16.8. The van der Waals surface area contributed by atoms with Crippen molar-refractivity contribution in [1.29, 1.82) is 0 Å². The van der Waals surface area contributed by atoms with Crippen molar-refractivity contribution < 1.29 is 9.18 Å². The second-order valence-electron chi connectivity index (χ2n) is 5.57. The molecule has 0 radical (unpaired) electrons. The minimum Gasteiger partial charge on any atom is -0.297 e. The third-order valence-corrected chi connectivity index (χ3v) is 4.25. The van der Waals surface area contributed by atoms with Gasteiger partial charge in [0.15, 0.2) is 5.78 Å². The Morgan fingerprint density at radius 1 is 1.37 bits per heavy atom. The number of ketones is 1. The number of nitrogens with zero attached hydrogens (tertiary/aromatic N) is 1. The number of likely N-dealkylation sites (tertiary alicyclic amines) is 1. The molecule has 0 spiro atoms. The van der Waals surface area contributed by atoms with Gasteiger partial charge in [0.05, 0.1) is 10.6 Å². The second kappa shape index (κ2) is 5.59. The maximum Gasteiger partial charge on any atom is 0.156 e.